The average molecular weight is 230 g/mol. The third-order valence-corrected chi connectivity index (χ3v) is 2.39. The molecule has 88 valence electrons. The number of hydrogen-bond acceptors (Lipinski definition) is 3. The lowest BCUT2D eigenvalue weighted by molar-refractivity contribution is 0.302. The summed E-state index contributed by atoms with van der Waals surface area (Å²) in [5, 5.41) is 0. The molecule has 2 rings (SSSR count). The molecule has 0 bridgehead atoms. The lowest BCUT2D eigenvalue weighted by Gasteiger charge is -2.06. The molecule has 0 aliphatic rings. The van der Waals surface area contributed by atoms with Crippen molar-refractivity contribution in [1.82, 2.24) is 4.98 Å². The number of aromatic nitrogens is 1. The molecule has 4 heteroatoms. The van der Waals surface area contributed by atoms with Crippen LogP contribution >= 0.6 is 0 Å². The van der Waals surface area contributed by atoms with Crippen molar-refractivity contribution in [3.63, 3.8) is 0 Å². The minimum absolute atomic E-state index is 0.153. The number of nitrogens with two attached hydrogens (primary N) is 1. The van der Waals surface area contributed by atoms with Gasteiger partial charge in [0.15, 0.2) is 5.75 Å². The SMILES string of the molecule is NCc1cc(=O)c(OCc2ccccc2)c[nH]1. The van der Waals surface area contributed by atoms with Crippen LogP contribution in [0.25, 0.3) is 0 Å². The predicted molar refractivity (Wildman–Crippen MR) is 65.7 cm³/mol. The third kappa shape index (κ3) is 2.95. The molecule has 0 fully saturated rings. The van der Waals surface area contributed by atoms with Gasteiger partial charge in [0.05, 0.1) is 0 Å². The molecule has 0 radical (unpaired) electrons. The van der Waals surface area contributed by atoms with Gasteiger partial charge in [0.2, 0.25) is 5.43 Å². The van der Waals surface area contributed by atoms with Crippen LogP contribution in [0.1, 0.15) is 11.3 Å². The first-order valence-corrected chi connectivity index (χ1v) is 5.38. The van der Waals surface area contributed by atoms with Crippen molar-refractivity contribution in [2.45, 2.75) is 13.2 Å². The van der Waals surface area contributed by atoms with Gasteiger partial charge in [0, 0.05) is 24.5 Å². The first kappa shape index (κ1) is 11.4. The molecule has 1 aromatic heterocycles. The highest BCUT2D eigenvalue weighted by molar-refractivity contribution is 5.21. The Balaban J connectivity index is 2.07. The van der Waals surface area contributed by atoms with E-state index < -0.39 is 0 Å². The maximum absolute atomic E-state index is 11.6. The fourth-order valence-corrected chi connectivity index (χ4v) is 1.47. The van der Waals surface area contributed by atoms with Crippen LogP contribution in [-0.4, -0.2) is 4.98 Å². The Bertz CT molecular complexity index is 535. The number of benzene rings is 1. The van der Waals surface area contributed by atoms with Crippen LogP contribution < -0.4 is 15.9 Å². The van der Waals surface area contributed by atoms with E-state index in [1.165, 1.54) is 6.07 Å². The lowest BCUT2D eigenvalue weighted by Crippen LogP contribution is -2.11. The van der Waals surface area contributed by atoms with E-state index in [9.17, 15) is 4.79 Å². The zero-order valence-corrected chi connectivity index (χ0v) is 9.35. The molecule has 0 unspecified atom stereocenters. The summed E-state index contributed by atoms with van der Waals surface area (Å²) >= 11 is 0. The summed E-state index contributed by atoms with van der Waals surface area (Å²) in [6, 6.07) is 11.2. The standard InChI is InChI=1S/C13H14N2O2/c14-7-11-6-12(16)13(8-15-11)17-9-10-4-2-1-3-5-10/h1-6,8H,7,9,14H2,(H,15,16). The summed E-state index contributed by atoms with van der Waals surface area (Å²) in [4.78, 5) is 14.5. The molecule has 17 heavy (non-hydrogen) atoms. The van der Waals surface area contributed by atoms with Gasteiger partial charge in [-0.3, -0.25) is 4.79 Å². The fraction of sp³-hybridized carbons (Fsp3) is 0.154. The topological polar surface area (TPSA) is 68.1 Å². The van der Waals surface area contributed by atoms with Gasteiger partial charge >= 0.3 is 0 Å². The fourth-order valence-electron chi connectivity index (χ4n) is 1.47. The summed E-state index contributed by atoms with van der Waals surface area (Å²) < 4.78 is 5.44. The first-order valence-electron chi connectivity index (χ1n) is 5.38. The van der Waals surface area contributed by atoms with Crippen LogP contribution in [0.3, 0.4) is 0 Å². The van der Waals surface area contributed by atoms with Gasteiger partial charge in [-0.1, -0.05) is 30.3 Å². The minimum atomic E-state index is -0.153. The Morgan fingerprint density at radius 1 is 1.24 bits per heavy atom. The first-order chi connectivity index (χ1) is 8.29. The lowest BCUT2D eigenvalue weighted by atomic mass is 10.2. The molecule has 0 saturated heterocycles. The van der Waals surface area contributed by atoms with Crippen molar-refractivity contribution >= 4 is 0 Å². The number of nitrogens with one attached hydrogen (secondary N) is 1. The van der Waals surface area contributed by atoms with Crippen LogP contribution in [0.4, 0.5) is 0 Å². The smallest absolute Gasteiger partial charge is 0.223 e. The van der Waals surface area contributed by atoms with Crippen LogP contribution in [0.15, 0.2) is 47.4 Å². The highest BCUT2D eigenvalue weighted by Gasteiger charge is 2.01. The van der Waals surface area contributed by atoms with Gasteiger partial charge in [-0.25, -0.2) is 0 Å². The van der Waals surface area contributed by atoms with Crippen molar-refractivity contribution in [2.24, 2.45) is 5.73 Å². The van der Waals surface area contributed by atoms with E-state index in [0.29, 0.717) is 24.6 Å². The van der Waals surface area contributed by atoms with Crippen molar-refractivity contribution in [2.75, 3.05) is 0 Å². The molecule has 1 aromatic carbocycles. The van der Waals surface area contributed by atoms with Crippen LogP contribution in [-0.2, 0) is 13.2 Å². The van der Waals surface area contributed by atoms with E-state index in [2.05, 4.69) is 4.98 Å². The van der Waals surface area contributed by atoms with E-state index in [0.717, 1.165) is 5.56 Å². The minimum Gasteiger partial charge on any atom is -0.483 e. The summed E-state index contributed by atoms with van der Waals surface area (Å²) in [5.41, 5.74) is 6.99. The molecule has 4 nitrogen and oxygen atoms in total. The van der Waals surface area contributed by atoms with Crippen molar-refractivity contribution in [3.05, 3.63) is 64.1 Å². The average Bonchev–Trinajstić information content (AvgIpc) is 2.38. The molecular formula is C13H14N2O2. The molecule has 3 N–H and O–H groups in total. The molecule has 0 aliphatic carbocycles. The summed E-state index contributed by atoms with van der Waals surface area (Å²) in [6.45, 7) is 0.695. The summed E-state index contributed by atoms with van der Waals surface area (Å²) in [5.74, 6) is 0.311. The number of rotatable bonds is 4. The number of hydrogen-bond donors (Lipinski definition) is 2. The van der Waals surface area contributed by atoms with Crippen molar-refractivity contribution in [3.8, 4) is 5.75 Å². The number of ether oxygens (including phenoxy) is 1. The molecule has 2 aromatic rings. The number of H-pyrrole nitrogens is 1. The molecule has 0 saturated carbocycles. The van der Waals surface area contributed by atoms with E-state index >= 15 is 0 Å². The second kappa shape index (κ2) is 5.32. The summed E-state index contributed by atoms with van der Waals surface area (Å²) in [6.07, 6.45) is 1.55. The van der Waals surface area contributed by atoms with Crippen molar-refractivity contribution in [1.29, 1.82) is 0 Å². The Morgan fingerprint density at radius 2 is 2.00 bits per heavy atom. The van der Waals surface area contributed by atoms with Crippen LogP contribution in [0, 0.1) is 0 Å². The van der Waals surface area contributed by atoms with Crippen LogP contribution in [0.5, 0.6) is 5.75 Å². The summed E-state index contributed by atoms with van der Waals surface area (Å²) in [7, 11) is 0. The molecule has 0 atom stereocenters. The van der Waals surface area contributed by atoms with E-state index in [1.807, 2.05) is 30.3 Å². The Labute approximate surface area is 99.1 Å². The Morgan fingerprint density at radius 3 is 2.65 bits per heavy atom. The molecular weight excluding hydrogens is 216 g/mol. The van der Waals surface area contributed by atoms with Crippen LogP contribution in [0.2, 0.25) is 0 Å². The Kier molecular flexibility index (Phi) is 3.57. The van der Waals surface area contributed by atoms with Gasteiger partial charge < -0.3 is 15.5 Å². The van der Waals surface area contributed by atoms with E-state index in [4.69, 9.17) is 10.5 Å². The zero-order valence-electron chi connectivity index (χ0n) is 9.35. The quantitative estimate of drug-likeness (QED) is 0.834. The highest BCUT2D eigenvalue weighted by Crippen LogP contribution is 2.06. The Hall–Kier alpha value is -2.07. The second-order valence-electron chi connectivity index (χ2n) is 3.67. The monoisotopic (exact) mass is 230 g/mol. The maximum Gasteiger partial charge on any atom is 0.223 e. The number of pyridine rings is 1. The van der Waals surface area contributed by atoms with Gasteiger partial charge in [-0.05, 0) is 5.56 Å². The highest BCUT2D eigenvalue weighted by atomic mass is 16.5. The maximum atomic E-state index is 11.6. The molecule has 0 spiro atoms. The second-order valence-corrected chi connectivity index (χ2v) is 3.67. The molecule has 1 heterocycles. The third-order valence-electron chi connectivity index (χ3n) is 2.39. The van der Waals surface area contributed by atoms with E-state index in [-0.39, 0.29) is 5.43 Å². The van der Waals surface area contributed by atoms with Gasteiger partial charge in [-0.2, -0.15) is 0 Å². The molecule has 0 amide bonds. The molecule has 0 aliphatic heterocycles. The zero-order chi connectivity index (χ0) is 12.1. The van der Waals surface area contributed by atoms with E-state index in [1.54, 1.807) is 6.20 Å². The van der Waals surface area contributed by atoms with Gasteiger partial charge in [0.25, 0.3) is 0 Å². The van der Waals surface area contributed by atoms with Gasteiger partial charge in [0.1, 0.15) is 6.61 Å². The van der Waals surface area contributed by atoms with Crippen molar-refractivity contribution < 1.29 is 4.74 Å². The van der Waals surface area contributed by atoms with Gasteiger partial charge in [-0.15, -0.1) is 0 Å². The normalized spacial score (nSPS) is 10.2. The number of aromatic amines is 1. The largest absolute Gasteiger partial charge is 0.483 e. The predicted octanol–water partition coefficient (Wildman–Crippen LogP) is 1.41.